The van der Waals surface area contributed by atoms with Gasteiger partial charge in [0.25, 0.3) is 0 Å². The van der Waals surface area contributed by atoms with Gasteiger partial charge in [0.15, 0.2) is 5.96 Å². The minimum atomic E-state index is -1.20. The minimum Gasteiger partial charge on any atom is -0.480 e. The van der Waals surface area contributed by atoms with Crippen LogP contribution < -0.4 is 27.8 Å². The zero-order chi connectivity index (χ0) is 20.1. The highest BCUT2D eigenvalue weighted by molar-refractivity contribution is 7.98. The number of guanidine groups is 1. The van der Waals surface area contributed by atoms with E-state index in [2.05, 4.69) is 15.6 Å². The lowest BCUT2D eigenvalue weighted by atomic mass is 10.1. The Balaban J connectivity index is 4.84. The molecule has 0 bridgehead atoms. The summed E-state index contributed by atoms with van der Waals surface area (Å²) in [7, 11) is 0. The number of carboxylic acids is 1. The monoisotopic (exact) mass is 392 g/mol. The third-order valence-corrected chi connectivity index (χ3v) is 3.98. The van der Waals surface area contributed by atoms with Crippen LogP contribution in [0, 0.1) is 0 Å². The van der Waals surface area contributed by atoms with Crippen molar-refractivity contribution >= 4 is 35.5 Å². The molecule has 0 aromatic heterocycles. The van der Waals surface area contributed by atoms with Crippen LogP contribution in [-0.2, 0) is 14.4 Å². The fourth-order valence-electron chi connectivity index (χ4n) is 1.90. The van der Waals surface area contributed by atoms with Gasteiger partial charge < -0.3 is 38.0 Å². The molecule has 0 fully saturated rings. The normalized spacial score (nSPS) is 14.0. The summed E-state index contributed by atoms with van der Waals surface area (Å²) >= 11 is 1.47. The molecule has 0 heterocycles. The van der Waals surface area contributed by atoms with Crippen molar-refractivity contribution in [2.75, 3.05) is 25.2 Å². The van der Waals surface area contributed by atoms with Crippen LogP contribution in [0.1, 0.15) is 19.3 Å². The molecule has 0 saturated carbocycles. The van der Waals surface area contributed by atoms with Crippen LogP contribution in [-0.4, -0.2) is 77.2 Å². The predicted molar refractivity (Wildman–Crippen MR) is 99.5 cm³/mol. The minimum absolute atomic E-state index is 0.0963. The third-order valence-electron chi connectivity index (χ3n) is 3.34. The number of carboxylic acid groups (broad SMARTS) is 1. The zero-order valence-electron chi connectivity index (χ0n) is 14.7. The van der Waals surface area contributed by atoms with Gasteiger partial charge in [-0.25, -0.2) is 4.79 Å². The quantitative estimate of drug-likeness (QED) is 0.0977. The van der Waals surface area contributed by atoms with Gasteiger partial charge in [-0.3, -0.25) is 14.6 Å². The summed E-state index contributed by atoms with van der Waals surface area (Å²) < 4.78 is 0. The molecule has 10 N–H and O–H groups in total. The summed E-state index contributed by atoms with van der Waals surface area (Å²) in [5.74, 6) is -2.05. The third kappa shape index (κ3) is 10.1. The molecular weight excluding hydrogens is 364 g/mol. The van der Waals surface area contributed by atoms with E-state index in [-0.39, 0.29) is 25.3 Å². The summed E-state index contributed by atoms with van der Waals surface area (Å²) in [6.45, 7) is -0.328. The molecule has 0 aliphatic heterocycles. The first-order valence-electron chi connectivity index (χ1n) is 7.97. The Bertz CT molecular complexity index is 500. The molecular formula is C14H28N6O5S. The smallest absolute Gasteiger partial charge is 0.326 e. The van der Waals surface area contributed by atoms with Gasteiger partial charge >= 0.3 is 5.97 Å². The van der Waals surface area contributed by atoms with Gasteiger partial charge in [0, 0.05) is 6.54 Å². The van der Waals surface area contributed by atoms with Crippen LogP contribution in [0.15, 0.2) is 4.99 Å². The van der Waals surface area contributed by atoms with E-state index in [4.69, 9.17) is 22.3 Å². The molecule has 12 heteroatoms. The fourth-order valence-corrected chi connectivity index (χ4v) is 2.37. The number of carbonyl (C=O) groups excluding carboxylic acids is 2. The van der Waals surface area contributed by atoms with Crippen LogP contribution in [0.3, 0.4) is 0 Å². The highest BCUT2D eigenvalue weighted by Crippen LogP contribution is 2.04. The van der Waals surface area contributed by atoms with Crippen molar-refractivity contribution in [1.82, 2.24) is 10.6 Å². The van der Waals surface area contributed by atoms with Crippen LogP contribution in [0.4, 0.5) is 0 Å². The number of rotatable bonds is 13. The van der Waals surface area contributed by atoms with Crippen LogP contribution in [0.5, 0.6) is 0 Å². The second kappa shape index (κ2) is 13.2. The first kappa shape index (κ1) is 23.9. The molecule has 26 heavy (non-hydrogen) atoms. The van der Waals surface area contributed by atoms with Gasteiger partial charge in [-0.2, -0.15) is 11.8 Å². The van der Waals surface area contributed by atoms with E-state index in [0.29, 0.717) is 12.2 Å². The van der Waals surface area contributed by atoms with Crippen molar-refractivity contribution in [3.63, 3.8) is 0 Å². The molecule has 0 aromatic carbocycles. The number of amides is 2. The lowest BCUT2D eigenvalue weighted by Gasteiger charge is -2.22. The number of aliphatic hydroxyl groups is 1. The summed E-state index contributed by atoms with van der Waals surface area (Å²) in [6.07, 6.45) is 2.60. The molecule has 0 radical (unpaired) electrons. The Morgan fingerprint density at radius 1 is 1.12 bits per heavy atom. The molecule has 0 aromatic rings. The highest BCUT2D eigenvalue weighted by Gasteiger charge is 2.27. The first-order valence-corrected chi connectivity index (χ1v) is 9.36. The van der Waals surface area contributed by atoms with Gasteiger partial charge in [0.1, 0.15) is 18.1 Å². The molecule has 3 unspecified atom stereocenters. The number of aliphatic hydroxyl groups excluding tert-OH is 1. The van der Waals surface area contributed by atoms with E-state index in [1.807, 2.05) is 6.26 Å². The molecule has 0 aliphatic rings. The van der Waals surface area contributed by atoms with E-state index in [9.17, 15) is 19.5 Å². The second-order valence-electron chi connectivity index (χ2n) is 5.48. The number of aliphatic carboxylic acids is 1. The molecule has 11 nitrogen and oxygen atoms in total. The van der Waals surface area contributed by atoms with E-state index in [1.54, 1.807) is 0 Å². The fraction of sp³-hybridized carbons (Fsp3) is 0.714. The maximum absolute atomic E-state index is 12.4. The average molecular weight is 392 g/mol. The molecule has 2 amide bonds. The van der Waals surface area contributed by atoms with Crippen molar-refractivity contribution < 1.29 is 24.6 Å². The van der Waals surface area contributed by atoms with Crippen LogP contribution in [0.2, 0.25) is 0 Å². The van der Waals surface area contributed by atoms with Crippen molar-refractivity contribution in [2.45, 2.75) is 37.4 Å². The van der Waals surface area contributed by atoms with E-state index in [0.717, 1.165) is 0 Å². The summed E-state index contributed by atoms with van der Waals surface area (Å²) in [5, 5.41) is 23.0. The topological polar surface area (TPSA) is 206 Å². The van der Waals surface area contributed by atoms with Gasteiger partial charge in [-0.1, -0.05) is 0 Å². The highest BCUT2D eigenvalue weighted by atomic mass is 32.2. The van der Waals surface area contributed by atoms with Crippen molar-refractivity contribution in [3.05, 3.63) is 0 Å². The van der Waals surface area contributed by atoms with Crippen LogP contribution >= 0.6 is 11.8 Å². The summed E-state index contributed by atoms with van der Waals surface area (Å²) in [6, 6.07) is -3.25. The van der Waals surface area contributed by atoms with E-state index < -0.39 is 42.5 Å². The standard InChI is InChI=1S/C14H28N6O5S/c1-26-6-4-9(19-11(22)8(15)7-21)12(23)20-10(13(24)25)3-2-5-18-14(16)17/h8-10,21H,2-7,15H2,1H3,(H,19,22)(H,20,23)(H,24,25)(H4,16,17,18). The van der Waals surface area contributed by atoms with Crippen molar-refractivity contribution in [2.24, 2.45) is 22.2 Å². The number of hydrogen-bond donors (Lipinski definition) is 7. The molecule has 0 rings (SSSR count). The molecule has 0 aliphatic carbocycles. The van der Waals surface area contributed by atoms with E-state index >= 15 is 0 Å². The predicted octanol–water partition coefficient (Wildman–Crippen LogP) is -2.83. The lowest BCUT2D eigenvalue weighted by molar-refractivity contribution is -0.142. The van der Waals surface area contributed by atoms with Crippen LogP contribution in [0.25, 0.3) is 0 Å². The largest absolute Gasteiger partial charge is 0.480 e. The lowest BCUT2D eigenvalue weighted by Crippen LogP contribution is -2.55. The van der Waals surface area contributed by atoms with Crippen molar-refractivity contribution in [1.29, 1.82) is 0 Å². The summed E-state index contributed by atoms with van der Waals surface area (Å²) in [4.78, 5) is 39.3. The average Bonchev–Trinajstić information content (AvgIpc) is 2.59. The number of nitrogens with zero attached hydrogens (tertiary/aromatic N) is 1. The molecule has 150 valence electrons. The zero-order valence-corrected chi connectivity index (χ0v) is 15.5. The Labute approximate surface area is 156 Å². The Kier molecular flexibility index (Phi) is 12.2. The number of aliphatic imine (C=N–C) groups is 1. The van der Waals surface area contributed by atoms with Gasteiger partial charge in [-0.05, 0) is 31.3 Å². The maximum Gasteiger partial charge on any atom is 0.326 e. The Hall–Kier alpha value is -2.05. The van der Waals surface area contributed by atoms with Gasteiger partial charge in [0.2, 0.25) is 11.8 Å². The molecule has 0 saturated heterocycles. The molecule has 0 spiro atoms. The Morgan fingerprint density at radius 2 is 1.73 bits per heavy atom. The van der Waals surface area contributed by atoms with E-state index in [1.165, 1.54) is 11.8 Å². The Morgan fingerprint density at radius 3 is 2.23 bits per heavy atom. The number of thioether (sulfide) groups is 1. The first-order chi connectivity index (χ1) is 12.2. The SMILES string of the molecule is CSCCC(NC(=O)C(N)CO)C(=O)NC(CCCN=C(N)N)C(=O)O. The molecule has 3 atom stereocenters. The number of nitrogens with one attached hydrogen (secondary N) is 2. The van der Waals surface area contributed by atoms with Crippen molar-refractivity contribution in [3.8, 4) is 0 Å². The number of hydrogen-bond acceptors (Lipinski definition) is 7. The second-order valence-corrected chi connectivity index (χ2v) is 6.47. The summed E-state index contributed by atoms with van der Waals surface area (Å²) in [5.41, 5.74) is 15.8. The maximum atomic E-state index is 12.4. The van der Waals surface area contributed by atoms with Gasteiger partial charge in [-0.15, -0.1) is 0 Å². The number of carbonyl (C=O) groups is 3. The number of nitrogens with two attached hydrogens (primary N) is 3. The van der Waals surface area contributed by atoms with Gasteiger partial charge in [0.05, 0.1) is 6.61 Å².